The molecule has 4 unspecified atom stereocenters. The van der Waals surface area contributed by atoms with Crippen molar-refractivity contribution in [1.82, 2.24) is 10.6 Å². The number of hydrogen-bond acceptors (Lipinski definition) is 3. The smallest absolute Gasteiger partial charge is 0.0744 e. The Kier molecular flexibility index (Phi) is 5.05. The minimum absolute atomic E-state index is 0.492. The highest BCUT2D eigenvalue weighted by atomic mass is 16.5. The van der Waals surface area contributed by atoms with Crippen LogP contribution in [0.15, 0.2) is 0 Å². The summed E-state index contributed by atoms with van der Waals surface area (Å²) < 4.78 is 5.60. The Morgan fingerprint density at radius 1 is 1.17 bits per heavy atom. The predicted octanol–water partition coefficient (Wildman–Crippen LogP) is 2.17. The van der Waals surface area contributed by atoms with E-state index in [1.807, 2.05) is 0 Å². The number of hydrogen-bond donors (Lipinski definition) is 2. The van der Waals surface area contributed by atoms with Crippen LogP contribution in [-0.4, -0.2) is 37.4 Å². The molecule has 2 fully saturated rings. The van der Waals surface area contributed by atoms with Crippen molar-refractivity contribution in [2.75, 3.05) is 13.2 Å². The summed E-state index contributed by atoms with van der Waals surface area (Å²) in [6.45, 7) is 11.0. The van der Waals surface area contributed by atoms with Crippen molar-refractivity contribution in [2.24, 2.45) is 11.8 Å². The van der Waals surface area contributed by atoms with Crippen molar-refractivity contribution in [3.05, 3.63) is 0 Å². The zero-order valence-electron chi connectivity index (χ0n) is 12.4. The third-order valence-corrected chi connectivity index (χ3v) is 3.98. The van der Waals surface area contributed by atoms with Crippen LogP contribution >= 0.6 is 0 Å². The molecule has 3 heteroatoms. The van der Waals surface area contributed by atoms with E-state index in [0.717, 1.165) is 31.0 Å². The number of rotatable bonds is 9. The summed E-state index contributed by atoms with van der Waals surface area (Å²) in [4.78, 5) is 0. The van der Waals surface area contributed by atoms with Gasteiger partial charge < -0.3 is 15.4 Å². The molecule has 2 aliphatic rings. The van der Waals surface area contributed by atoms with Crippen molar-refractivity contribution < 1.29 is 4.74 Å². The molecule has 0 amide bonds. The van der Waals surface area contributed by atoms with Crippen LogP contribution in [-0.2, 0) is 4.74 Å². The second kappa shape index (κ2) is 6.36. The van der Waals surface area contributed by atoms with E-state index in [9.17, 15) is 0 Å². The molecule has 0 aromatic carbocycles. The van der Waals surface area contributed by atoms with Crippen molar-refractivity contribution in [1.29, 1.82) is 0 Å². The molecule has 18 heavy (non-hydrogen) atoms. The first-order chi connectivity index (χ1) is 8.60. The molecule has 5 atom stereocenters. The lowest BCUT2D eigenvalue weighted by molar-refractivity contribution is 0.124. The molecule has 0 spiro atoms. The van der Waals surface area contributed by atoms with Crippen LogP contribution in [0.2, 0.25) is 0 Å². The zero-order valence-corrected chi connectivity index (χ0v) is 12.4. The first-order valence-electron chi connectivity index (χ1n) is 7.71. The van der Waals surface area contributed by atoms with Crippen LogP contribution in [0, 0.1) is 11.8 Å². The molecule has 0 aromatic rings. The first kappa shape index (κ1) is 14.3. The van der Waals surface area contributed by atoms with Gasteiger partial charge in [0.1, 0.15) is 0 Å². The SMILES string of the molecule is CCOC1CC1N[C@@H](C)CC1CC1NCC(C)C. The summed E-state index contributed by atoms with van der Waals surface area (Å²) in [5.74, 6) is 1.66. The van der Waals surface area contributed by atoms with Crippen LogP contribution < -0.4 is 10.6 Å². The van der Waals surface area contributed by atoms with Gasteiger partial charge in [0.25, 0.3) is 0 Å². The summed E-state index contributed by atoms with van der Waals surface area (Å²) in [7, 11) is 0. The minimum atomic E-state index is 0.492. The molecular formula is C15H30N2O. The van der Waals surface area contributed by atoms with E-state index < -0.39 is 0 Å². The first-order valence-corrected chi connectivity index (χ1v) is 7.71. The highest BCUT2D eigenvalue weighted by molar-refractivity contribution is 4.99. The van der Waals surface area contributed by atoms with Gasteiger partial charge in [-0.15, -0.1) is 0 Å². The van der Waals surface area contributed by atoms with Crippen molar-refractivity contribution in [3.63, 3.8) is 0 Å². The van der Waals surface area contributed by atoms with E-state index in [1.54, 1.807) is 0 Å². The van der Waals surface area contributed by atoms with Gasteiger partial charge in [0.2, 0.25) is 0 Å². The fourth-order valence-corrected chi connectivity index (χ4v) is 2.78. The predicted molar refractivity (Wildman–Crippen MR) is 75.8 cm³/mol. The average Bonchev–Trinajstić information content (AvgIpc) is 3.17. The van der Waals surface area contributed by atoms with Gasteiger partial charge in [0, 0.05) is 24.7 Å². The van der Waals surface area contributed by atoms with Gasteiger partial charge in [0.05, 0.1) is 6.10 Å². The molecule has 0 heterocycles. The average molecular weight is 254 g/mol. The van der Waals surface area contributed by atoms with Gasteiger partial charge in [-0.25, -0.2) is 0 Å². The zero-order chi connectivity index (χ0) is 13.1. The molecule has 2 rings (SSSR count). The lowest BCUT2D eigenvalue weighted by atomic mass is 10.1. The lowest BCUT2D eigenvalue weighted by Gasteiger charge is -2.14. The van der Waals surface area contributed by atoms with Gasteiger partial charge in [-0.05, 0) is 51.5 Å². The van der Waals surface area contributed by atoms with Gasteiger partial charge >= 0.3 is 0 Å². The van der Waals surface area contributed by atoms with E-state index in [2.05, 4.69) is 38.3 Å². The van der Waals surface area contributed by atoms with Crippen molar-refractivity contribution in [3.8, 4) is 0 Å². The summed E-state index contributed by atoms with van der Waals surface area (Å²) >= 11 is 0. The van der Waals surface area contributed by atoms with Crippen LogP contribution in [0.3, 0.4) is 0 Å². The molecule has 106 valence electrons. The van der Waals surface area contributed by atoms with Crippen LogP contribution in [0.25, 0.3) is 0 Å². The minimum Gasteiger partial charge on any atom is -0.377 e. The summed E-state index contributed by atoms with van der Waals surface area (Å²) in [5, 5.41) is 7.35. The fraction of sp³-hybridized carbons (Fsp3) is 1.00. The fourth-order valence-electron chi connectivity index (χ4n) is 2.78. The van der Waals surface area contributed by atoms with Crippen LogP contribution in [0.1, 0.15) is 47.0 Å². The van der Waals surface area contributed by atoms with Crippen molar-refractivity contribution in [2.45, 2.75) is 71.2 Å². The molecule has 2 aliphatic carbocycles. The maximum absolute atomic E-state index is 5.60. The van der Waals surface area contributed by atoms with E-state index in [-0.39, 0.29) is 0 Å². The Morgan fingerprint density at radius 3 is 2.61 bits per heavy atom. The van der Waals surface area contributed by atoms with Gasteiger partial charge in [-0.3, -0.25) is 0 Å². The monoisotopic (exact) mass is 254 g/mol. The normalized spacial score (nSPS) is 35.8. The van der Waals surface area contributed by atoms with E-state index in [4.69, 9.17) is 4.74 Å². The Labute approximate surface area is 112 Å². The Morgan fingerprint density at radius 2 is 1.94 bits per heavy atom. The Hall–Kier alpha value is -0.120. The van der Waals surface area contributed by atoms with Gasteiger partial charge in [0.15, 0.2) is 0 Å². The maximum atomic E-state index is 5.60. The molecule has 0 aliphatic heterocycles. The summed E-state index contributed by atoms with van der Waals surface area (Å²) in [6, 6.07) is 2.05. The third kappa shape index (κ3) is 4.52. The third-order valence-electron chi connectivity index (χ3n) is 3.98. The largest absolute Gasteiger partial charge is 0.377 e. The molecule has 2 saturated carbocycles. The quantitative estimate of drug-likeness (QED) is 0.661. The molecule has 3 nitrogen and oxygen atoms in total. The number of nitrogens with one attached hydrogen (secondary N) is 2. The van der Waals surface area contributed by atoms with E-state index in [0.29, 0.717) is 18.2 Å². The highest BCUT2D eigenvalue weighted by Crippen LogP contribution is 2.35. The molecule has 0 saturated heterocycles. The topological polar surface area (TPSA) is 33.3 Å². The van der Waals surface area contributed by atoms with E-state index >= 15 is 0 Å². The number of ether oxygens (including phenoxy) is 1. The van der Waals surface area contributed by atoms with Crippen LogP contribution in [0.5, 0.6) is 0 Å². The molecule has 2 N–H and O–H groups in total. The second-order valence-corrected chi connectivity index (χ2v) is 6.54. The second-order valence-electron chi connectivity index (χ2n) is 6.54. The standard InChI is InChI=1S/C15H30N2O/c1-5-18-15-8-14(15)17-11(4)6-12-7-13(12)16-9-10(2)3/h10-17H,5-9H2,1-4H3/t11-,12?,13?,14?,15?/m0/s1. The van der Waals surface area contributed by atoms with E-state index in [1.165, 1.54) is 19.3 Å². The molecule has 0 bridgehead atoms. The molecule has 0 aromatic heterocycles. The Balaban J connectivity index is 1.52. The van der Waals surface area contributed by atoms with Gasteiger partial charge in [-0.2, -0.15) is 0 Å². The Bertz CT molecular complexity index is 257. The van der Waals surface area contributed by atoms with Crippen molar-refractivity contribution >= 4 is 0 Å². The highest BCUT2D eigenvalue weighted by Gasteiger charge is 2.41. The summed E-state index contributed by atoms with van der Waals surface area (Å²) in [6.07, 6.45) is 4.38. The van der Waals surface area contributed by atoms with Gasteiger partial charge in [-0.1, -0.05) is 13.8 Å². The van der Waals surface area contributed by atoms with Crippen LogP contribution in [0.4, 0.5) is 0 Å². The molecular weight excluding hydrogens is 224 g/mol. The lowest BCUT2D eigenvalue weighted by Crippen LogP contribution is -2.32. The summed E-state index contributed by atoms with van der Waals surface area (Å²) in [5.41, 5.74) is 0. The maximum Gasteiger partial charge on any atom is 0.0744 e. The molecule has 0 radical (unpaired) electrons.